The molecule has 22 heavy (non-hydrogen) atoms. The van der Waals surface area contributed by atoms with Gasteiger partial charge in [-0.05, 0) is 68.3 Å². The van der Waals surface area contributed by atoms with Crippen molar-refractivity contribution in [3.63, 3.8) is 0 Å². The van der Waals surface area contributed by atoms with Crippen molar-refractivity contribution in [1.29, 1.82) is 0 Å². The molecule has 2 nitrogen and oxygen atoms in total. The van der Waals surface area contributed by atoms with E-state index >= 15 is 0 Å². The van der Waals surface area contributed by atoms with E-state index in [0.717, 1.165) is 11.8 Å². The third kappa shape index (κ3) is 2.28. The Morgan fingerprint density at radius 3 is 2.09 bits per heavy atom. The molecule has 1 aromatic rings. The number of hydrogen-bond acceptors (Lipinski definition) is 1. The summed E-state index contributed by atoms with van der Waals surface area (Å²) in [6, 6.07) is 10.6. The largest absolute Gasteiger partial charge is 0.339 e. The average Bonchev–Trinajstić information content (AvgIpc) is 2.53. The Balaban J connectivity index is 1.52. The number of benzene rings is 1. The van der Waals surface area contributed by atoms with E-state index in [2.05, 4.69) is 31.2 Å². The minimum atomic E-state index is 0.172. The van der Waals surface area contributed by atoms with E-state index in [1.54, 1.807) is 0 Å². The monoisotopic (exact) mass is 297 g/mol. The first-order valence-electron chi connectivity index (χ1n) is 8.95. The molecule has 1 amide bonds. The van der Waals surface area contributed by atoms with Crippen LogP contribution in [0.25, 0.3) is 0 Å². The molecule has 0 saturated heterocycles. The topological polar surface area (TPSA) is 20.3 Å². The zero-order valence-electron chi connectivity index (χ0n) is 13.7. The second kappa shape index (κ2) is 5.40. The molecule has 1 atom stereocenters. The molecule has 0 radical (unpaired) electrons. The van der Waals surface area contributed by atoms with Gasteiger partial charge in [-0.1, -0.05) is 30.3 Å². The molecular weight excluding hydrogens is 270 g/mol. The van der Waals surface area contributed by atoms with E-state index in [-0.39, 0.29) is 6.04 Å². The first-order chi connectivity index (χ1) is 10.6. The van der Waals surface area contributed by atoms with Gasteiger partial charge in [0.1, 0.15) is 0 Å². The molecule has 4 fully saturated rings. The van der Waals surface area contributed by atoms with Crippen LogP contribution in [0, 0.1) is 29.6 Å². The Hall–Kier alpha value is -1.31. The second-order valence-corrected chi connectivity index (χ2v) is 7.99. The Kier molecular flexibility index (Phi) is 3.51. The molecule has 0 N–H and O–H groups in total. The number of carbonyl (C=O) groups is 1. The van der Waals surface area contributed by atoms with Crippen molar-refractivity contribution in [3.05, 3.63) is 35.9 Å². The van der Waals surface area contributed by atoms with E-state index in [4.69, 9.17) is 0 Å². The average molecular weight is 297 g/mol. The van der Waals surface area contributed by atoms with Crippen LogP contribution in [0.5, 0.6) is 0 Å². The van der Waals surface area contributed by atoms with Crippen molar-refractivity contribution < 1.29 is 4.79 Å². The van der Waals surface area contributed by atoms with Crippen LogP contribution in [-0.4, -0.2) is 17.9 Å². The van der Waals surface area contributed by atoms with Crippen LogP contribution >= 0.6 is 0 Å². The smallest absolute Gasteiger partial charge is 0.226 e. The minimum absolute atomic E-state index is 0.172. The van der Waals surface area contributed by atoms with Gasteiger partial charge < -0.3 is 4.90 Å². The Morgan fingerprint density at radius 2 is 1.55 bits per heavy atom. The molecule has 5 rings (SSSR count). The van der Waals surface area contributed by atoms with Crippen LogP contribution in [0.15, 0.2) is 30.3 Å². The van der Waals surface area contributed by atoms with Gasteiger partial charge in [0.05, 0.1) is 6.04 Å². The lowest BCUT2D eigenvalue weighted by Crippen LogP contribution is -2.51. The molecule has 4 bridgehead atoms. The van der Waals surface area contributed by atoms with Crippen LogP contribution in [0.1, 0.15) is 50.6 Å². The summed E-state index contributed by atoms with van der Waals surface area (Å²) in [6.07, 6.45) is 6.71. The number of nitrogens with zero attached hydrogens (tertiary/aromatic N) is 1. The number of carbonyl (C=O) groups excluding carboxylic acids is 1. The summed E-state index contributed by atoms with van der Waals surface area (Å²) in [5.74, 6) is 3.93. The summed E-state index contributed by atoms with van der Waals surface area (Å²) in [5.41, 5.74) is 1.24. The van der Waals surface area contributed by atoms with Crippen LogP contribution in [0.4, 0.5) is 0 Å². The zero-order valence-corrected chi connectivity index (χ0v) is 13.7. The number of amides is 1. The summed E-state index contributed by atoms with van der Waals surface area (Å²) < 4.78 is 0. The van der Waals surface area contributed by atoms with Gasteiger partial charge >= 0.3 is 0 Å². The van der Waals surface area contributed by atoms with E-state index in [1.807, 2.05) is 18.0 Å². The molecule has 0 spiro atoms. The third-order valence-electron chi connectivity index (χ3n) is 6.72. The normalized spacial score (nSPS) is 37.1. The standard InChI is InChI=1S/C20H27NO/c1-13(16-6-4-3-5-7-16)21(2)20(22)19-17-9-14-8-15(11-17)12-18(19)10-14/h3-7,13-15,17-19H,8-12H2,1-2H3. The second-order valence-electron chi connectivity index (χ2n) is 7.99. The van der Waals surface area contributed by atoms with Crippen molar-refractivity contribution in [2.45, 2.75) is 45.1 Å². The quantitative estimate of drug-likeness (QED) is 0.815. The molecule has 0 aliphatic heterocycles. The summed E-state index contributed by atoms with van der Waals surface area (Å²) in [4.78, 5) is 15.2. The SMILES string of the molecule is CC(c1ccccc1)N(C)C(=O)C1C2CC3CC(C2)CC1C3. The van der Waals surface area contributed by atoms with Crippen LogP contribution in [-0.2, 0) is 4.79 Å². The lowest BCUT2D eigenvalue weighted by atomic mass is 9.51. The van der Waals surface area contributed by atoms with Gasteiger partial charge in [0.2, 0.25) is 5.91 Å². The van der Waals surface area contributed by atoms with Crippen LogP contribution < -0.4 is 0 Å². The molecule has 0 aromatic heterocycles. The summed E-state index contributed by atoms with van der Waals surface area (Å²) in [5, 5.41) is 0. The van der Waals surface area contributed by atoms with Gasteiger partial charge in [-0.3, -0.25) is 4.79 Å². The highest BCUT2D eigenvalue weighted by Crippen LogP contribution is 2.57. The van der Waals surface area contributed by atoms with E-state index < -0.39 is 0 Å². The fourth-order valence-electron chi connectivity index (χ4n) is 5.71. The maximum atomic E-state index is 13.2. The highest BCUT2D eigenvalue weighted by Gasteiger charge is 2.51. The van der Waals surface area contributed by atoms with Gasteiger partial charge in [-0.25, -0.2) is 0 Å². The van der Waals surface area contributed by atoms with Gasteiger partial charge in [0.25, 0.3) is 0 Å². The maximum Gasteiger partial charge on any atom is 0.226 e. The van der Waals surface area contributed by atoms with Crippen molar-refractivity contribution in [1.82, 2.24) is 4.90 Å². The minimum Gasteiger partial charge on any atom is -0.339 e. The molecule has 1 unspecified atom stereocenters. The van der Waals surface area contributed by atoms with Gasteiger partial charge in [0, 0.05) is 13.0 Å². The van der Waals surface area contributed by atoms with E-state index in [1.165, 1.54) is 37.7 Å². The molecule has 0 heterocycles. The molecule has 4 aliphatic rings. The predicted molar refractivity (Wildman–Crippen MR) is 88.2 cm³/mol. The lowest BCUT2D eigenvalue weighted by molar-refractivity contribution is -0.149. The van der Waals surface area contributed by atoms with E-state index in [0.29, 0.717) is 23.7 Å². The first kappa shape index (κ1) is 14.3. The van der Waals surface area contributed by atoms with Crippen molar-refractivity contribution in [2.24, 2.45) is 29.6 Å². The lowest BCUT2D eigenvalue weighted by Gasteiger charge is -2.54. The van der Waals surface area contributed by atoms with Crippen molar-refractivity contribution >= 4 is 5.91 Å². The van der Waals surface area contributed by atoms with Crippen LogP contribution in [0.2, 0.25) is 0 Å². The van der Waals surface area contributed by atoms with Crippen molar-refractivity contribution in [2.75, 3.05) is 7.05 Å². The number of rotatable bonds is 3. The van der Waals surface area contributed by atoms with Crippen LogP contribution in [0.3, 0.4) is 0 Å². The number of hydrogen-bond donors (Lipinski definition) is 0. The Morgan fingerprint density at radius 1 is 1.00 bits per heavy atom. The summed E-state index contributed by atoms with van der Waals surface area (Å²) in [7, 11) is 2.01. The molecule has 4 aliphatic carbocycles. The molecule has 4 saturated carbocycles. The zero-order chi connectivity index (χ0) is 15.3. The molecule has 118 valence electrons. The Labute approximate surface area is 133 Å². The first-order valence-corrected chi connectivity index (χ1v) is 8.95. The Bertz CT molecular complexity index is 524. The highest BCUT2D eigenvalue weighted by atomic mass is 16.2. The third-order valence-corrected chi connectivity index (χ3v) is 6.72. The molecule has 1 aromatic carbocycles. The maximum absolute atomic E-state index is 13.2. The van der Waals surface area contributed by atoms with Gasteiger partial charge in [0.15, 0.2) is 0 Å². The van der Waals surface area contributed by atoms with E-state index in [9.17, 15) is 4.79 Å². The molecular formula is C20H27NO. The highest BCUT2D eigenvalue weighted by molar-refractivity contribution is 5.80. The van der Waals surface area contributed by atoms with Gasteiger partial charge in [-0.2, -0.15) is 0 Å². The fraction of sp³-hybridized carbons (Fsp3) is 0.650. The van der Waals surface area contributed by atoms with Gasteiger partial charge in [-0.15, -0.1) is 0 Å². The summed E-state index contributed by atoms with van der Waals surface area (Å²) >= 11 is 0. The molecule has 2 heteroatoms. The predicted octanol–water partition coefficient (Wildman–Crippen LogP) is 4.28. The fourth-order valence-corrected chi connectivity index (χ4v) is 5.71. The summed E-state index contributed by atoms with van der Waals surface area (Å²) in [6.45, 7) is 2.16. The van der Waals surface area contributed by atoms with Crippen molar-refractivity contribution in [3.8, 4) is 0 Å².